The highest BCUT2D eigenvalue weighted by molar-refractivity contribution is 6.42. The molecule has 0 spiro atoms. The van der Waals surface area contributed by atoms with Gasteiger partial charge in [0, 0.05) is 56.7 Å². The van der Waals surface area contributed by atoms with Gasteiger partial charge >= 0.3 is 0 Å². The molecule has 0 aromatic heterocycles. The number of benzene rings is 2. The molecule has 1 unspecified atom stereocenters. The third-order valence-corrected chi connectivity index (χ3v) is 8.78. The smallest absolute Gasteiger partial charge is 0.251 e. The van der Waals surface area contributed by atoms with E-state index in [-0.39, 0.29) is 29.7 Å². The molecular formula is C31H40Cl2N4O3. The second kappa shape index (κ2) is 14.9. The molecule has 4 rings (SSSR count). The van der Waals surface area contributed by atoms with Crippen LogP contribution in [0.25, 0.3) is 0 Å². The Bertz CT molecular complexity index is 1160. The number of carbonyl (C=O) groups is 3. The fraction of sp³-hybridized carbons (Fsp3) is 0.516. The van der Waals surface area contributed by atoms with E-state index in [9.17, 15) is 14.4 Å². The monoisotopic (exact) mass is 586 g/mol. The van der Waals surface area contributed by atoms with Crippen molar-refractivity contribution < 1.29 is 14.4 Å². The molecule has 0 radical (unpaired) electrons. The maximum Gasteiger partial charge on any atom is 0.251 e. The van der Waals surface area contributed by atoms with E-state index < -0.39 is 6.04 Å². The topological polar surface area (TPSA) is 81.8 Å². The number of hydrogen-bond donors (Lipinski definition) is 2. The molecule has 3 atom stereocenters. The van der Waals surface area contributed by atoms with E-state index in [0.717, 1.165) is 38.8 Å². The van der Waals surface area contributed by atoms with Gasteiger partial charge in [-0.05, 0) is 62.3 Å². The molecule has 2 fully saturated rings. The normalized spacial score (nSPS) is 20.6. The zero-order chi connectivity index (χ0) is 28.5. The van der Waals surface area contributed by atoms with Crippen molar-refractivity contribution in [1.29, 1.82) is 0 Å². The SMILES string of the molecule is CCC(CN1CC[C@@H](CNC(=O)c2ccc(Cl)c(Cl)c2)N[C@@H](CCC(=O)N2CCCCC2)C1=O)c1ccccc1. The molecule has 2 aliphatic heterocycles. The minimum atomic E-state index is -0.489. The molecule has 2 aliphatic rings. The van der Waals surface area contributed by atoms with Crippen molar-refractivity contribution in [3.63, 3.8) is 0 Å². The van der Waals surface area contributed by atoms with Gasteiger partial charge in [0.15, 0.2) is 0 Å². The average Bonchev–Trinajstić information content (AvgIpc) is 3.13. The largest absolute Gasteiger partial charge is 0.350 e. The first-order valence-corrected chi connectivity index (χ1v) is 15.2. The van der Waals surface area contributed by atoms with E-state index in [4.69, 9.17) is 23.2 Å². The predicted molar refractivity (Wildman–Crippen MR) is 160 cm³/mol. The van der Waals surface area contributed by atoms with Crippen LogP contribution in [0.1, 0.15) is 73.7 Å². The Morgan fingerprint density at radius 1 is 1.02 bits per heavy atom. The van der Waals surface area contributed by atoms with E-state index in [0.29, 0.717) is 54.5 Å². The first kappa shape index (κ1) is 30.4. The Morgan fingerprint density at radius 2 is 1.77 bits per heavy atom. The van der Waals surface area contributed by atoms with Crippen LogP contribution >= 0.6 is 23.2 Å². The van der Waals surface area contributed by atoms with Gasteiger partial charge < -0.3 is 20.4 Å². The van der Waals surface area contributed by atoms with Crippen molar-refractivity contribution in [3.8, 4) is 0 Å². The molecule has 9 heteroatoms. The second-order valence-electron chi connectivity index (χ2n) is 10.8. The lowest BCUT2D eigenvalue weighted by Gasteiger charge is -2.30. The average molecular weight is 588 g/mol. The van der Waals surface area contributed by atoms with Crippen molar-refractivity contribution in [2.45, 2.75) is 69.9 Å². The molecule has 0 saturated carbocycles. The zero-order valence-electron chi connectivity index (χ0n) is 23.2. The summed E-state index contributed by atoms with van der Waals surface area (Å²) in [6.45, 7) is 5.31. The highest BCUT2D eigenvalue weighted by atomic mass is 35.5. The van der Waals surface area contributed by atoms with E-state index in [1.807, 2.05) is 28.0 Å². The van der Waals surface area contributed by atoms with E-state index >= 15 is 0 Å². The lowest BCUT2D eigenvalue weighted by molar-refractivity contribution is -0.134. The van der Waals surface area contributed by atoms with Gasteiger partial charge in [0.2, 0.25) is 11.8 Å². The number of rotatable bonds is 10. The van der Waals surface area contributed by atoms with Gasteiger partial charge in [-0.1, -0.05) is 60.5 Å². The summed E-state index contributed by atoms with van der Waals surface area (Å²) in [5.41, 5.74) is 1.65. The number of amides is 3. The van der Waals surface area contributed by atoms with Crippen molar-refractivity contribution in [3.05, 3.63) is 69.7 Å². The summed E-state index contributed by atoms with van der Waals surface area (Å²) in [6, 6.07) is 14.5. The zero-order valence-corrected chi connectivity index (χ0v) is 24.7. The van der Waals surface area contributed by atoms with Gasteiger partial charge in [-0.15, -0.1) is 0 Å². The van der Waals surface area contributed by atoms with Gasteiger partial charge in [-0.2, -0.15) is 0 Å². The molecule has 2 heterocycles. The van der Waals surface area contributed by atoms with Crippen LogP contribution in [0.4, 0.5) is 0 Å². The van der Waals surface area contributed by atoms with Crippen molar-refractivity contribution in [2.24, 2.45) is 0 Å². The van der Waals surface area contributed by atoms with Crippen LogP contribution in [0.5, 0.6) is 0 Å². The summed E-state index contributed by atoms with van der Waals surface area (Å²) in [6.07, 6.45) is 5.62. The Kier molecular flexibility index (Phi) is 11.3. The summed E-state index contributed by atoms with van der Waals surface area (Å²) in [5, 5.41) is 7.19. The number of carbonyl (C=O) groups excluding carboxylic acids is 3. The fourth-order valence-electron chi connectivity index (χ4n) is 5.62. The molecule has 2 aromatic carbocycles. The van der Waals surface area contributed by atoms with Gasteiger partial charge in [0.05, 0.1) is 16.1 Å². The lowest BCUT2D eigenvalue weighted by atomic mass is 9.95. The summed E-state index contributed by atoms with van der Waals surface area (Å²) < 4.78 is 0. The maximum atomic E-state index is 13.8. The summed E-state index contributed by atoms with van der Waals surface area (Å²) in [4.78, 5) is 43.4. The number of hydrogen-bond acceptors (Lipinski definition) is 4. The van der Waals surface area contributed by atoms with Gasteiger partial charge in [0.1, 0.15) is 0 Å². The summed E-state index contributed by atoms with van der Waals surface area (Å²) >= 11 is 12.1. The van der Waals surface area contributed by atoms with Crippen LogP contribution in [0.2, 0.25) is 10.0 Å². The summed E-state index contributed by atoms with van der Waals surface area (Å²) in [7, 11) is 0. The minimum absolute atomic E-state index is 0.0270. The Morgan fingerprint density at radius 3 is 2.48 bits per heavy atom. The number of nitrogens with one attached hydrogen (secondary N) is 2. The maximum absolute atomic E-state index is 13.8. The van der Waals surface area contributed by atoms with E-state index in [2.05, 4.69) is 29.7 Å². The number of piperidine rings is 1. The first-order valence-electron chi connectivity index (χ1n) is 14.5. The Hall–Kier alpha value is -2.61. The molecular weight excluding hydrogens is 547 g/mol. The van der Waals surface area contributed by atoms with Gasteiger partial charge in [-0.25, -0.2) is 0 Å². The second-order valence-corrected chi connectivity index (χ2v) is 11.6. The first-order chi connectivity index (χ1) is 19.4. The van der Waals surface area contributed by atoms with Crippen LogP contribution in [-0.4, -0.2) is 72.3 Å². The van der Waals surface area contributed by atoms with E-state index in [1.54, 1.807) is 18.2 Å². The number of nitrogens with zero attached hydrogens (tertiary/aromatic N) is 2. The molecule has 7 nitrogen and oxygen atoms in total. The highest BCUT2D eigenvalue weighted by Gasteiger charge is 2.33. The molecule has 0 aliphatic carbocycles. The fourth-order valence-corrected chi connectivity index (χ4v) is 5.91. The van der Waals surface area contributed by atoms with Gasteiger partial charge in [0.25, 0.3) is 5.91 Å². The van der Waals surface area contributed by atoms with Gasteiger partial charge in [-0.3, -0.25) is 14.4 Å². The molecule has 2 saturated heterocycles. The lowest BCUT2D eigenvalue weighted by Crippen LogP contribution is -2.49. The molecule has 40 heavy (non-hydrogen) atoms. The van der Waals surface area contributed by atoms with Crippen molar-refractivity contribution >= 4 is 40.9 Å². The number of likely N-dealkylation sites (tertiary alicyclic amines) is 1. The third-order valence-electron chi connectivity index (χ3n) is 8.05. The Balaban J connectivity index is 1.44. The Labute approximate surface area is 247 Å². The van der Waals surface area contributed by atoms with Crippen LogP contribution in [0, 0.1) is 0 Å². The quantitative estimate of drug-likeness (QED) is 0.397. The van der Waals surface area contributed by atoms with Crippen molar-refractivity contribution in [1.82, 2.24) is 20.4 Å². The number of halogens is 2. The molecule has 0 bridgehead atoms. The predicted octanol–water partition coefficient (Wildman–Crippen LogP) is 5.27. The van der Waals surface area contributed by atoms with Crippen LogP contribution in [0.15, 0.2) is 48.5 Å². The van der Waals surface area contributed by atoms with Crippen LogP contribution in [-0.2, 0) is 9.59 Å². The molecule has 216 valence electrons. The third kappa shape index (κ3) is 8.21. The van der Waals surface area contributed by atoms with Crippen LogP contribution < -0.4 is 10.6 Å². The van der Waals surface area contributed by atoms with Crippen LogP contribution in [0.3, 0.4) is 0 Å². The summed E-state index contributed by atoms with van der Waals surface area (Å²) in [5.74, 6) is 0.121. The van der Waals surface area contributed by atoms with E-state index in [1.165, 1.54) is 5.56 Å². The highest BCUT2D eigenvalue weighted by Crippen LogP contribution is 2.24. The molecule has 2 aromatic rings. The molecule has 3 amide bonds. The molecule has 2 N–H and O–H groups in total. The standard InChI is InChI=1S/C31H40Cl2N4O3/c1-2-22(23-9-5-3-6-10-23)21-37-18-15-25(20-34-30(39)24-11-12-26(32)27(33)19-24)35-28(31(37)40)13-14-29(38)36-16-7-4-8-17-36/h3,5-6,9-12,19,22,25,28,35H,2,4,7-8,13-18,20-21H2,1H3,(H,34,39)/t22?,25-,28-/m0/s1. The minimum Gasteiger partial charge on any atom is -0.350 e. The van der Waals surface area contributed by atoms with Crippen molar-refractivity contribution in [2.75, 3.05) is 32.7 Å².